The van der Waals surface area contributed by atoms with Crippen LogP contribution in [0.5, 0.6) is 0 Å². The maximum Gasteiger partial charge on any atom is 0.433 e. The fraction of sp³-hybridized carbons (Fsp3) is 0.0370. The van der Waals surface area contributed by atoms with E-state index in [1.165, 1.54) is 18.2 Å². The fourth-order valence-corrected chi connectivity index (χ4v) is 3.46. The lowest BCUT2D eigenvalue weighted by atomic mass is 9.98. The number of nitrogens with zero attached hydrogens (tertiary/aromatic N) is 1. The largest absolute Gasteiger partial charge is 0.433 e. The Morgan fingerprint density at radius 1 is 0.800 bits per heavy atom. The van der Waals surface area contributed by atoms with Gasteiger partial charge in [0.15, 0.2) is 0 Å². The molecule has 2 N–H and O–H groups in total. The summed E-state index contributed by atoms with van der Waals surface area (Å²) in [5, 5.41) is 16.6. The van der Waals surface area contributed by atoms with E-state index >= 15 is 0 Å². The van der Waals surface area contributed by atoms with Crippen LogP contribution in [-0.2, 0) is 4.79 Å². The molecule has 0 aliphatic carbocycles. The summed E-state index contributed by atoms with van der Waals surface area (Å²) < 4.78 is 5.18. The highest BCUT2D eigenvalue weighted by Crippen LogP contribution is 2.23. The number of nitro groups is 1. The summed E-state index contributed by atoms with van der Waals surface area (Å²) in [6.07, 6.45) is 1.26. The molecule has 0 spiro atoms. The molecule has 0 radical (unpaired) electrons. The first kappa shape index (κ1) is 23.2. The predicted octanol–water partition coefficient (Wildman–Crippen LogP) is 4.86. The van der Waals surface area contributed by atoms with Gasteiger partial charge in [-0.25, -0.2) is 0 Å². The predicted molar refractivity (Wildman–Crippen MR) is 130 cm³/mol. The SMILES string of the molecule is O=C(NC(c1ccccc1)c1ccccc1)/C(=C\c1ccc([N+](=O)[O-])o1)NC(=O)c1ccccc1. The monoisotopic (exact) mass is 467 g/mol. The van der Waals surface area contributed by atoms with E-state index in [1.54, 1.807) is 30.3 Å². The van der Waals surface area contributed by atoms with Gasteiger partial charge in [0, 0.05) is 11.6 Å². The van der Waals surface area contributed by atoms with Gasteiger partial charge in [-0.15, -0.1) is 0 Å². The second kappa shape index (κ2) is 10.8. The number of benzene rings is 3. The molecule has 0 fully saturated rings. The molecule has 0 atom stereocenters. The third kappa shape index (κ3) is 5.88. The van der Waals surface area contributed by atoms with Crippen molar-refractivity contribution in [3.63, 3.8) is 0 Å². The van der Waals surface area contributed by atoms with Gasteiger partial charge in [0.25, 0.3) is 11.8 Å². The van der Waals surface area contributed by atoms with Crippen molar-refractivity contribution in [2.45, 2.75) is 6.04 Å². The first-order valence-corrected chi connectivity index (χ1v) is 10.7. The van der Waals surface area contributed by atoms with Gasteiger partial charge in [0.2, 0.25) is 0 Å². The van der Waals surface area contributed by atoms with Crippen molar-refractivity contribution in [3.05, 3.63) is 141 Å². The molecular formula is C27H21N3O5. The number of carbonyl (C=O) groups excluding carboxylic acids is 2. The van der Waals surface area contributed by atoms with Gasteiger partial charge in [-0.1, -0.05) is 78.9 Å². The van der Waals surface area contributed by atoms with Crippen molar-refractivity contribution in [3.8, 4) is 0 Å². The summed E-state index contributed by atoms with van der Waals surface area (Å²) >= 11 is 0. The number of carbonyl (C=O) groups is 2. The second-order valence-electron chi connectivity index (χ2n) is 7.54. The quantitative estimate of drug-likeness (QED) is 0.218. The molecule has 8 nitrogen and oxygen atoms in total. The van der Waals surface area contributed by atoms with Crippen LogP contribution in [0.4, 0.5) is 5.88 Å². The maximum atomic E-state index is 13.4. The smallest absolute Gasteiger partial charge is 0.401 e. The zero-order chi connectivity index (χ0) is 24.6. The van der Waals surface area contributed by atoms with E-state index in [0.717, 1.165) is 11.1 Å². The van der Waals surface area contributed by atoms with E-state index in [0.29, 0.717) is 5.56 Å². The topological polar surface area (TPSA) is 114 Å². The number of rotatable bonds is 8. The molecular weight excluding hydrogens is 446 g/mol. The van der Waals surface area contributed by atoms with E-state index in [-0.39, 0.29) is 11.5 Å². The highest BCUT2D eigenvalue weighted by molar-refractivity contribution is 6.05. The Kier molecular flexibility index (Phi) is 7.13. The van der Waals surface area contributed by atoms with E-state index in [1.807, 2.05) is 60.7 Å². The van der Waals surface area contributed by atoms with Crippen LogP contribution in [0, 0.1) is 10.1 Å². The maximum absolute atomic E-state index is 13.4. The van der Waals surface area contributed by atoms with E-state index < -0.39 is 28.7 Å². The second-order valence-corrected chi connectivity index (χ2v) is 7.54. The Balaban J connectivity index is 1.68. The molecule has 1 heterocycles. The third-order valence-electron chi connectivity index (χ3n) is 5.15. The highest BCUT2D eigenvalue weighted by atomic mass is 16.6. The summed E-state index contributed by atoms with van der Waals surface area (Å²) in [6.45, 7) is 0. The average Bonchev–Trinajstić information content (AvgIpc) is 3.37. The molecule has 0 saturated heterocycles. The van der Waals surface area contributed by atoms with E-state index in [9.17, 15) is 19.7 Å². The zero-order valence-corrected chi connectivity index (χ0v) is 18.5. The molecule has 8 heteroatoms. The van der Waals surface area contributed by atoms with Crippen LogP contribution < -0.4 is 10.6 Å². The minimum Gasteiger partial charge on any atom is -0.401 e. The first-order valence-electron chi connectivity index (χ1n) is 10.7. The normalized spacial score (nSPS) is 11.2. The van der Waals surface area contributed by atoms with Gasteiger partial charge >= 0.3 is 5.88 Å². The molecule has 3 aromatic carbocycles. The van der Waals surface area contributed by atoms with Gasteiger partial charge in [-0.2, -0.15) is 0 Å². The summed E-state index contributed by atoms with van der Waals surface area (Å²) in [7, 11) is 0. The van der Waals surface area contributed by atoms with Crippen molar-refractivity contribution in [1.82, 2.24) is 10.6 Å². The van der Waals surface area contributed by atoms with Crippen LogP contribution in [0.1, 0.15) is 33.3 Å². The Labute approximate surface area is 201 Å². The molecule has 174 valence electrons. The Bertz CT molecular complexity index is 1310. The van der Waals surface area contributed by atoms with E-state index in [2.05, 4.69) is 10.6 Å². The van der Waals surface area contributed by atoms with Gasteiger partial charge < -0.3 is 15.1 Å². The van der Waals surface area contributed by atoms with Gasteiger partial charge in [-0.3, -0.25) is 19.7 Å². The van der Waals surface area contributed by atoms with Crippen LogP contribution >= 0.6 is 0 Å². The van der Waals surface area contributed by atoms with Crippen LogP contribution in [0.25, 0.3) is 6.08 Å². The standard InChI is InChI=1S/C27H21N3O5/c31-26(21-14-8-3-9-15-21)28-23(18-22-16-17-24(35-22)30(33)34)27(32)29-25(19-10-4-1-5-11-19)20-12-6-2-7-13-20/h1-18,25H,(H,28,31)(H,29,32)/b23-18+. The fourth-order valence-electron chi connectivity index (χ4n) is 3.46. The molecule has 0 bridgehead atoms. The van der Waals surface area contributed by atoms with Gasteiger partial charge in [0.05, 0.1) is 12.1 Å². The summed E-state index contributed by atoms with van der Waals surface area (Å²) in [5.41, 5.74) is 1.91. The van der Waals surface area contributed by atoms with Crippen LogP contribution in [-0.4, -0.2) is 16.7 Å². The zero-order valence-electron chi connectivity index (χ0n) is 18.5. The number of hydrogen-bond donors (Lipinski definition) is 2. The van der Waals surface area contributed by atoms with E-state index in [4.69, 9.17) is 4.42 Å². The van der Waals surface area contributed by atoms with Gasteiger partial charge in [-0.05, 0) is 29.3 Å². The molecule has 1 aromatic heterocycles. The lowest BCUT2D eigenvalue weighted by molar-refractivity contribution is -0.402. The number of amides is 2. The van der Waals surface area contributed by atoms with Crippen LogP contribution in [0.3, 0.4) is 0 Å². The molecule has 0 aliphatic heterocycles. The average molecular weight is 467 g/mol. The molecule has 0 unspecified atom stereocenters. The van der Waals surface area contributed by atoms with Crippen LogP contribution in [0.15, 0.2) is 113 Å². The molecule has 4 aromatic rings. The van der Waals surface area contributed by atoms with Crippen molar-refractivity contribution in [1.29, 1.82) is 0 Å². The number of nitrogens with one attached hydrogen (secondary N) is 2. The molecule has 0 aliphatic rings. The minimum absolute atomic E-state index is 0.0474. The lowest BCUT2D eigenvalue weighted by Gasteiger charge is -2.21. The Morgan fingerprint density at radius 3 is 1.86 bits per heavy atom. The number of furan rings is 1. The third-order valence-corrected chi connectivity index (χ3v) is 5.15. The van der Waals surface area contributed by atoms with Crippen LogP contribution in [0.2, 0.25) is 0 Å². The Morgan fingerprint density at radius 2 is 1.34 bits per heavy atom. The minimum atomic E-state index is -0.680. The summed E-state index contributed by atoms with van der Waals surface area (Å²) in [5.74, 6) is -1.53. The van der Waals surface area contributed by atoms with Gasteiger partial charge in [0.1, 0.15) is 16.4 Å². The molecule has 2 amide bonds. The summed E-state index contributed by atoms with van der Waals surface area (Å²) in [6, 6.07) is 29.2. The summed E-state index contributed by atoms with van der Waals surface area (Å²) in [4.78, 5) is 36.6. The molecule has 4 rings (SSSR count). The number of hydrogen-bond acceptors (Lipinski definition) is 5. The van der Waals surface area contributed by atoms with Crippen molar-refractivity contribution in [2.24, 2.45) is 0 Å². The molecule has 35 heavy (non-hydrogen) atoms. The molecule has 0 saturated carbocycles. The lowest BCUT2D eigenvalue weighted by Crippen LogP contribution is -2.37. The van der Waals surface area contributed by atoms with Crippen molar-refractivity contribution in [2.75, 3.05) is 0 Å². The Hall–Kier alpha value is -4.98. The highest BCUT2D eigenvalue weighted by Gasteiger charge is 2.22. The first-order chi connectivity index (χ1) is 17.0. The van der Waals surface area contributed by atoms with Crippen molar-refractivity contribution < 1.29 is 18.9 Å². The van der Waals surface area contributed by atoms with Crippen molar-refractivity contribution >= 4 is 23.8 Å².